The van der Waals surface area contributed by atoms with Crippen LogP contribution in [-0.4, -0.2) is 47.9 Å². The van der Waals surface area contributed by atoms with Crippen molar-refractivity contribution < 1.29 is 31.5 Å². The fraction of sp³-hybridized carbons (Fsp3) is 0.778. The van der Waals surface area contributed by atoms with Crippen LogP contribution in [0.5, 0.6) is 0 Å². The van der Waals surface area contributed by atoms with E-state index in [0.717, 1.165) is 0 Å². The minimum atomic E-state index is -5.91. The minimum Gasteiger partial charge on any atom is -0.352 e. The van der Waals surface area contributed by atoms with Crippen LogP contribution >= 0.6 is 0 Å². The second-order valence-corrected chi connectivity index (χ2v) is 4.01. The number of likely N-dealkylation sites (tertiary alicyclic amines) is 1. The minimum absolute atomic E-state index is 0.152. The number of alkyl halides is 5. The van der Waals surface area contributed by atoms with Crippen LogP contribution in [0.4, 0.5) is 22.0 Å². The van der Waals surface area contributed by atoms with Crippen molar-refractivity contribution in [2.24, 2.45) is 0 Å². The molecular formula is C9H11F5N2O2. The van der Waals surface area contributed by atoms with Crippen LogP contribution in [0.15, 0.2) is 0 Å². The zero-order chi connectivity index (χ0) is 14.1. The van der Waals surface area contributed by atoms with E-state index in [2.05, 4.69) is 5.32 Å². The van der Waals surface area contributed by atoms with Gasteiger partial charge in [-0.05, 0) is 6.42 Å². The summed E-state index contributed by atoms with van der Waals surface area (Å²) in [5.74, 6) is -8.10. The second kappa shape index (κ2) is 4.69. The van der Waals surface area contributed by atoms with Crippen molar-refractivity contribution in [3.8, 4) is 0 Å². The van der Waals surface area contributed by atoms with Crippen LogP contribution in [0.2, 0.25) is 0 Å². The average molecular weight is 274 g/mol. The van der Waals surface area contributed by atoms with Crippen molar-refractivity contribution in [1.82, 2.24) is 10.2 Å². The Bertz CT molecular complexity index is 355. The van der Waals surface area contributed by atoms with E-state index < -0.39 is 30.0 Å². The van der Waals surface area contributed by atoms with Gasteiger partial charge in [-0.2, -0.15) is 22.0 Å². The average Bonchev–Trinajstić information content (AvgIpc) is 2.62. The Morgan fingerprint density at radius 1 is 1.22 bits per heavy atom. The molecule has 1 aliphatic rings. The first-order valence-corrected chi connectivity index (χ1v) is 5.06. The maximum Gasteiger partial charge on any atom is 0.463 e. The first kappa shape index (κ1) is 14.7. The highest BCUT2D eigenvalue weighted by Gasteiger charge is 2.65. The van der Waals surface area contributed by atoms with Gasteiger partial charge in [-0.15, -0.1) is 0 Å². The molecular weight excluding hydrogens is 263 g/mol. The summed E-state index contributed by atoms with van der Waals surface area (Å²) >= 11 is 0. The molecule has 4 nitrogen and oxygen atoms in total. The summed E-state index contributed by atoms with van der Waals surface area (Å²) < 4.78 is 61.5. The summed E-state index contributed by atoms with van der Waals surface area (Å²) in [6.45, 7) is 0.605. The lowest BCUT2D eigenvalue weighted by atomic mass is 10.2. The Morgan fingerprint density at radius 2 is 1.78 bits per heavy atom. The number of hydrogen-bond donors (Lipinski definition) is 1. The SMILES string of the molecule is CC(=O)NC1CCN(C(=O)C(F)(F)C(F)(F)F)C1. The number of nitrogens with zero attached hydrogens (tertiary/aromatic N) is 1. The van der Waals surface area contributed by atoms with Gasteiger partial charge in [0.15, 0.2) is 0 Å². The van der Waals surface area contributed by atoms with Gasteiger partial charge in [0, 0.05) is 26.1 Å². The molecule has 1 heterocycles. The normalized spacial score (nSPS) is 21.0. The van der Waals surface area contributed by atoms with Gasteiger partial charge in [0.25, 0.3) is 0 Å². The number of amides is 2. The molecule has 0 aliphatic carbocycles. The largest absolute Gasteiger partial charge is 0.463 e. The van der Waals surface area contributed by atoms with Gasteiger partial charge in [-0.1, -0.05) is 0 Å². The number of carbonyl (C=O) groups excluding carboxylic acids is 2. The molecule has 0 spiro atoms. The monoisotopic (exact) mass is 274 g/mol. The maximum atomic E-state index is 12.8. The van der Waals surface area contributed by atoms with Crippen LogP contribution in [0.3, 0.4) is 0 Å². The molecule has 0 aromatic rings. The number of halogens is 5. The Morgan fingerprint density at radius 3 is 2.22 bits per heavy atom. The van der Waals surface area contributed by atoms with E-state index in [1.807, 2.05) is 0 Å². The molecule has 1 unspecified atom stereocenters. The van der Waals surface area contributed by atoms with Gasteiger partial charge in [0.1, 0.15) is 0 Å². The Labute approximate surface area is 99.1 Å². The summed E-state index contributed by atoms with van der Waals surface area (Å²) in [5.41, 5.74) is 0. The summed E-state index contributed by atoms with van der Waals surface area (Å²) in [6.07, 6.45) is -5.75. The fourth-order valence-electron chi connectivity index (χ4n) is 1.67. The van der Waals surface area contributed by atoms with Crippen LogP contribution in [0.1, 0.15) is 13.3 Å². The summed E-state index contributed by atoms with van der Waals surface area (Å²) in [7, 11) is 0. The van der Waals surface area contributed by atoms with E-state index in [1.54, 1.807) is 0 Å². The highest BCUT2D eigenvalue weighted by molar-refractivity contribution is 5.85. The van der Waals surface area contributed by atoms with Crippen molar-refractivity contribution in [3.05, 3.63) is 0 Å². The molecule has 18 heavy (non-hydrogen) atoms. The summed E-state index contributed by atoms with van der Waals surface area (Å²) in [6, 6.07) is -0.588. The van der Waals surface area contributed by atoms with Crippen LogP contribution in [0.25, 0.3) is 0 Å². The summed E-state index contributed by atoms with van der Waals surface area (Å²) in [4.78, 5) is 22.2. The molecule has 0 bridgehead atoms. The van der Waals surface area contributed by atoms with E-state index in [1.165, 1.54) is 6.92 Å². The number of rotatable bonds is 2. The van der Waals surface area contributed by atoms with E-state index in [0.29, 0.717) is 4.90 Å². The van der Waals surface area contributed by atoms with Gasteiger partial charge in [0.2, 0.25) is 5.91 Å². The van der Waals surface area contributed by atoms with Crippen LogP contribution in [-0.2, 0) is 9.59 Å². The zero-order valence-corrected chi connectivity index (χ0v) is 9.35. The number of nitrogens with one attached hydrogen (secondary N) is 1. The molecule has 1 fully saturated rings. The third-order valence-corrected chi connectivity index (χ3v) is 2.51. The van der Waals surface area contributed by atoms with E-state index >= 15 is 0 Å². The first-order chi connectivity index (χ1) is 8.05. The van der Waals surface area contributed by atoms with E-state index in [-0.39, 0.29) is 19.5 Å². The number of hydrogen-bond acceptors (Lipinski definition) is 2. The Balaban J connectivity index is 2.68. The highest BCUT2D eigenvalue weighted by Crippen LogP contribution is 2.37. The summed E-state index contributed by atoms with van der Waals surface area (Å²) in [5, 5.41) is 2.36. The molecule has 2 amide bonds. The predicted octanol–water partition coefficient (Wildman–Crippen LogP) is 0.921. The zero-order valence-electron chi connectivity index (χ0n) is 9.35. The lowest BCUT2D eigenvalue weighted by Crippen LogP contribution is -2.52. The number of carbonyl (C=O) groups is 2. The van der Waals surface area contributed by atoms with Crippen molar-refractivity contribution in [3.63, 3.8) is 0 Å². The molecule has 1 atom stereocenters. The van der Waals surface area contributed by atoms with Gasteiger partial charge in [-0.25, -0.2) is 0 Å². The molecule has 0 saturated carbocycles. The third-order valence-electron chi connectivity index (χ3n) is 2.51. The Kier molecular flexibility index (Phi) is 3.82. The second-order valence-electron chi connectivity index (χ2n) is 4.01. The topological polar surface area (TPSA) is 49.4 Å². The molecule has 1 saturated heterocycles. The molecule has 0 radical (unpaired) electrons. The van der Waals surface area contributed by atoms with Gasteiger partial charge in [-0.3, -0.25) is 9.59 Å². The third kappa shape index (κ3) is 2.88. The molecule has 9 heteroatoms. The van der Waals surface area contributed by atoms with Gasteiger partial charge < -0.3 is 10.2 Å². The van der Waals surface area contributed by atoms with Crippen molar-refractivity contribution in [2.75, 3.05) is 13.1 Å². The van der Waals surface area contributed by atoms with Gasteiger partial charge in [0.05, 0.1) is 0 Å². The van der Waals surface area contributed by atoms with Crippen LogP contribution < -0.4 is 5.32 Å². The molecule has 0 aromatic carbocycles. The van der Waals surface area contributed by atoms with Crippen molar-refractivity contribution in [1.29, 1.82) is 0 Å². The van der Waals surface area contributed by atoms with E-state index in [9.17, 15) is 31.5 Å². The van der Waals surface area contributed by atoms with Crippen LogP contribution in [0, 0.1) is 0 Å². The molecule has 0 aromatic heterocycles. The highest BCUT2D eigenvalue weighted by atomic mass is 19.4. The van der Waals surface area contributed by atoms with Crippen molar-refractivity contribution in [2.45, 2.75) is 31.5 Å². The Hall–Kier alpha value is -1.41. The first-order valence-electron chi connectivity index (χ1n) is 5.06. The lowest BCUT2D eigenvalue weighted by Gasteiger charge is -2.24. The quantitative estimate of drug-likeness (QED) is 0.761. The van der Waals surface area contributed by atoms with E-state index in [4.69, 9.17) is 0 Å². The molecule has 104 valence electrons. The van der Waals surface area contributed by atoms with Gasteiger partial charge >= 0.3 is 18.0 Å². The standard InChI is InChI=1S/C9H11F5N2O2/c1-5(17)15-6-2-3-16(4-6)7(18)8(10,11)9(12,13)14/h6H,2-4H2,1H3,(H,15,17). The predicted molar refractivity (Wildman–Crippen MR) is 49.8 cm³/mol. The molecule has 1 aliphatic heterocycles. The molecule has 1 rings (SSSR count). The molecule has 1 N–H and O–H groups in total. The smallest absolute Gasteiger partial charge is 0.352 e. The fourth-order valence-corrected chi connectivity index (χ4v) is 1.67. The maximum absolute atomic E-state index is 12.8. The van der Waals surface area contributed by atoms with Crippen molar-refractivity contribution >= 4 is 11.8 Å². The lowest BCUT2D eigenvalue weighted by molar-refractivity contribution is -0.274.